The highest BCUT2D eigenvalue weighted by Crippen LogP contribution is 2.39. The van der Waals surface area contributed by atoms with Crippen LogP contribution in [-0.4, -0.2) is 30.3 Å². The molecule has 0 bridgehead atoms. The second-order valence-corrected chi connectivity index (χ2v) is 6.62. The van der Waals surface area contributed by atoms with Crippen LogP contribution in [0, 0.1) is 5.92 Å². The smallest absolute Gasteiger partial charge is 0.0840 e. The van der Waals surface area contributed by atoms with E-state index in [0.717, 1.165) is 36.5 Å². The Balaban J connectivity index is 2.21. The molecule has 1 aromatic rings. The summed E-state index contributed by atoms with van der Waals surface area (Å²) in [6.07, 6.45) is 9.20. The largest absolute Gasteiger partial charge is 0.374 e. The van der Waals surface area contributed by atoms with E-state index in [-0.39, 0.29) is 11.6 Å². The van der Waals surface area contributed by atoms with E-state index < -0.39 is 0 Å². The molecule has 0 saturated heterocycles. The van der Waals surface area contributed by atoms with Crippen LogP contribution in [0.25, 0.3) is 0 Å². The third kappa shape index (κ3) is 3.97. The van der Waals surface area contributed by atoms with Crippen molar-refractivity contribution in [2.45, 2.75) is 57.6 Å². The van der Waals surface area contributed by atoms with Gasteiger partial charge in [-0.05, 0) is 50.8 Å². The topological polar surface area (TPSA) is 34.1 Å². The summed E-state index contributed by atoms with van der Waals surface area (Å²) in [7, 11) is 2.03. The Kier molecular flexibility index (Phi) is 6.03. The zero-order chi connectivity index (χ0) is 15.3. The lowest BCUT2D eigenvalue weighted by atomic mass is 9.73. The highest BCUT2D eigenvalue weighted by Gasteiger charge is 2.42. The first-order valence-electron chi connectivity index (χ1n) is 8.01. The Morgan fingerprint density at radius 3 is 3.00 bits per heavy atom. The van der Waals surface area contributed by atoms with Gasteiger partial charge in [-0.15, -0.1) is 0 Å². The number of hydrogen-bond acceptors (Lipinski definition) is 3. The molecule has 1 fully saturated rings. The van der Waals surface area contributed by atoms with Crippen LogP contribution in [0.15, 0.2) is 18.5 Å². The molecule has 0 amide bonds. The van der Waals surface area contributed by atoms with Gasteiger partial charge in [-0.1, -0.05) is 31.4 Å². The van der Waals surface area contributed by atoms with E-state index in [1.807, 2.05) is 19.3 Å². The summed E-state index contributed by atoms with van der Waals surface area (Å²) in [4.78, 5) is 4.07. The molecule has 0 aromatic carbocycles. The number of hydrogen-bond donors (Lipinski definition) is 1. The average molecular weight is 311 g/mol. The van der Waals surface area contributed by atoms with Gasteiger partial charge in [0.2, 0.25) is 0 Å². The summed E-state index contributed by atoms with van der Waals surface area (Å²) >= 11 is 6.28. The number of aromatic nitrogens is 1. The van der Waals surface area contributed by atoms with Gasteiger partial charge >= 0.3 is 0 Å². The summed E-state index contributed by atoms with van der Waals surface area (Å²) in [6, 6.07) is 2.29. The molecule has 1 aromatic heterocycles. The predicted molar refractivity (Wildman–Crippen MR) is 87.8 cm³/mol. The third-order valence-electron chi connectivity index (χ3n) is 4.69. The SMILES string of the molecule is CCOC1(C(Cc2ccncc2Cl)NC)CCCC(C)C1. The maximum absolute atomic E-state index is 6.28. The normalized spacial score (nSPS) is 27.5. The first kappa shape index (κ1) is 16.7. The Bertz CT molecular complexity index is 450. The maximum atomic E-state index is 6.28. The summed E-state index contributed by atoms with van der Waals surface area (Å²) in [6.45, 7) is 5.18. The molecule has 0 radical (unpaired) electrons. The van der Waals surface area contributed by atoms with Gasteiger partial charge in [-0.2, -0.15) is 0 Å². The van der Waals surface area contributed by atoms with Crippen LogP contribution in [-0.2, 0) is 11.2 Å². The van der Waals surface area contributed by atoms with Crippen molar-refractivity contribution < 1.29 is 4.74 Å². The zero-order valence-electron chi connectivity index (χ0n) is 13.4. The Morgan fingerprint density at radius 1 is 1.57 bits per heavy atom. The van der Waals surface area contributed by atoms with E-state index in [2.05, 4.69) is 24.1 Å². The lowest BCUT2D eigenvalue weighted by Gasteiger charge is -2.45. The number of halogens is 1. The monoisotopic (exact) mass is 310 g/mol. The van der Waals surface area contributed by atoms with Crippen LogP contribution in [0.5, 0.6) is 0 Å². The molecular formula is C17H27ClN2O. The molecule has 3 nitrogen and oxygen atoms in total. The fourth-order valence-corrected chi connectivity index (χ4v) is 3.92. The molecule has 3 unspecified atom stereocenters. The van der Waals surface area contributed by atoms with Crippen LogP contribution in [0.1, 0.15) is 45.1 Å². The number of ether oxygens (including phenoxy) is 1. The van der Waals surface area contributed by atoms with Crippen LogP contribution < -0.4 is 5.32 Å². The van der Waals surface area contributed by atoms with E-state index >= 15 is 0 Å². The molecule has 1 heterocycles. The van der Waals surface area contributed by atoms with Gasteiger partial charge in [0.15, 0.2) is 0 Å². The van der Waals surface area contributed by atoms with Gasteiger partial charge < -0.3 is 10.1 Å². The lowest BCUT2D eigenvalue weighted by molar-refractivity contribution is -0.0988. The molecular weight excluding hydrogens is 284 g/mol. The summed E-state index contributed by atoms with van der Waals surface area (Å²) in [5.41, 5.74) is 1.07. The highest BCUT2D eigenvalue weighted by molar-refractivity contribution is 6.31. The highest BCUT2D eigenvalue weighted by atomic mass is 35.5. The average Bonchev–Trinajstić information content (AvgIpc) is 2.46. The van der Waals surface area contributed by atoms with Crippen LogP contribution in [0.2, 0.25) is 5.02 Å². The minimum absolute atomic E-state index is 0.0756. The van der Waals surface area contributed by atoms with Crippen molar-refractivity contribution in [2.24, 2.45) is 5.92 Å². The molecule has 1 aliphatic rings. The van der Waals surface area contributed by atoms with Crippen molar-refractivity contribution in [1.29, 1.82) is 0 Å². The fourth-order valence-electron chi connectivity index (χ4n) is 3.72. The third-order valence-corrected chi connectivity index (χ3v) is 5.03. The van der Waals surface area contributed by atoms with Crippen LogP contribution >= 0.6 is 11.6 Å². The summed E-state index contributed by atoms with van der Waals surface area (Å²) in [5.74, 6) is 0.717. The molecule has 2 rings (SSSR count). The minimum Gasteiger partial charge on any atom is -0.374 e. The number of nitrogens with one attached hydrogen (secondary N) is 1. The van der Waals surface area contributed by atoms with Crippen molar-refractivity contribution in [3.63, 3.8) is 0 Å². The minimum atomic E-state index is -0.0756. The molecule has 3 atom stereocenters. The van der Waals surface area contributed by atoms with Crippen molar-refractivity contribution in [1.82, 2.24) is 10.3 Å². The Hall–Kier alpha value is -0.640. The first-order chi connectivity index (χ1) is 10.1. The fraction of sp³-hybridized carbons (Fsp3) is 0.706. The second kappa shape index (κ2) is 7.57. The number of pyridine rings is 1. The summed E-state index contributed by atoms with van der Waals surface area (Å²) < 4.78 is 6.28. The van der Waals surface area contributed by atoms with Crippen molar-refractivity contribution in [3.05, 3.63) is 29.0 Å². The first-order valence-corrected chi connectivity index (χ1v) is 8.38. The molecule has 1 aliphatic carbocycles. The van der Waals surface area contributed by atoms with E-state index in [0.29, 0.717) is 5.92 Å². The number of rotatable bonds is 6. The molecule has 4 heteroatoms. The molecule has 0 aliphatic heterocycles. The molecule has 1 N–H and O–H groups in total. The quantitative estimate of drug-likeness (QED) is 0.866. The van der Waals surface area contributed by atoms with Crippen molar-refractivity contribution in [3.8, 4) is 0 Å². The van der Waals surface area contributed by atoms with Crippen LogP contribution in [0.4, 0.5) is 0 Å². The molecule has 118 valence electrons. The van der Waals surface area contributed by atoms with E-state index in [9.17, 15) is 0 Å². The second-order valence-electron chi connectivity index (χ2n) is 6.21. The molecule has 0 spiro atoms. The van der Waals surface area contributed by atoms with Crippen molar-refractivity contribution >= 4 is 11.6 Å². The maximum Gasteiger partial charge on any atom is 0.0840 e. The molecule has 21 heavy (non-hydrogen) atoms. The number of likely N-dealkylation sites (N-methyl/N-ethyl adjacent to an activating group) is 1. The zero-order valence-corrected chi connectivity index (χ0v) is 14.1. The van der Waals surface area contributed by atoms with Gasteiger partial charge in [-0.3, -0.25) is 4.98 Å². The van der Waals surface area contributed by atoms with E-state index in [1.54, 1.807) is 6.20 Å². The van der Waals surface area contributed by atoms with Gasteiger partial charge in [0.25, 0.3) is 0 Å². The van der Waals surface area contributed by atoms with Crippen molar-refractivity contribution in [2.75, 3.05) is 13.7 Å². The van der Waals surface area contributed by atoms with E-state index in [1.165, 1.54) is 12.8 Å². The van der Waals surface area contributed by atoms with Gasteiger partial charge in [0, 0.05) is 25.0 Å². The Labute approximate surface area is 133 Å². The predicted octanol–water partition coefficient (Wildman–Crippen LogP) is 3.85. The van der Waals surface area contributed by atoms with Gasteiger partial charge in [0.1, 0.15) is 0 Å². The van der Waals surface area contributed by atoms with Gasteiger partial charge in [0.05, 0.1) is 10.6 Å². The van der Waals surface area contributed by atoms with E-state index in [4.69, 9.17) is 16.3 Å². The van der Waals surface area contributed by atoms with Crippen LogP contribution in [0.3, 0.4) is 0 Å². The standard InChI is InChI=1S/C17H27ClN2O/c1-4-21-17(8-5-6-13(2)11-17)16(19-3)10-14-7-9-20-12-15(14)18/h7,9,12-13,16,19H,4-6,8,10-11H2,1-3H3. The summed E-state index contributed by atoms with van der Waals surface area (Å²) in [5, 5.41) is 4.23. The van der Waals surface area contributed by atoms with Gasteiger partial charge in [-0.25, -0.2) is 0 Å². The molecule has 1 saturated carbocycles. The Morgan fingerprint density at radius 2 is 2.38 bits per heavy atom. The lowest BCUT2D eigenvalue weighted by Crippen LogP contribution is -2.55. The number of nitrogens with zero attached hydrogens (tertiary/aromatic N) is 1.